The quantitative estimate of drug-likeness (QED) is 0.247. The summed E-state index contributed by atoms with van der Waals surface area (Å²) in [6, 6.07) is 27.7. The van der Waals surface area contributed by atoms with E-state index in [0.29, 0.717) is 33.6 Å². The third-order valence-electron chi connectivity index (χ3n) is 5.90. The van der Waals surface area contributed by atoms with Gasteiger partial charge < -0.3 is 9.47 Å². The highest BCUT2D eigenvalue weighted by Crippen LogP contribution is 2.37. The standard InChI is InChI=1S/C29H20O5/c1-33-21-14-11-18(12-15-21)26(30)28(19-7-3-2-4-8-19)34-29(32)20-13-16-24-25(17-20)22-9-5-6-10-23(22)27(24)31/h2-17,28H,1H3/t28-/m1/s1. The molecule has 166 valence electrons. The number of hydrogen-bond donors (Lipinski definition) is 0. The van der Waals surface area contributed by atoms with E-state index in [0.717, 1.165) is 5.56 Å². The van der Waals surface area contributed by atoms with Crippen molar-refractivity contribution in [3.05, 3.63) is 125 Å². The van der Waals surface area contributed by atoms with Gasteiger partial charge in [-0.3, -0.25) is 9.59 Å². The maximum absolute atomic E-state index is 13.3. The van der Waals surface area contributed by atoms with Gasteiger partial charge in [-0.2, -0.15) is 0 Å². The second kappa shape index (κ2) is 8.79. The molecule has 1 aliphatic carbocycles. The molecule has 0 bridgehead atoms. The fourth-order valence-electron chi connectivity index (χ4n) is 4.14. The van der Waals surface area contributed by atoms with E-state index in [4.69, 9.17) is 9.47 Å². The first kappa shape index (κ1) is 21.3. The number of fused-ring (bicyclic) bond motifs is 3. The van der Waals surface area contributed by atoms with Gasteiger partial charge >= 0.3 is 5.97 Å². The minimum atomic E-state index is -1.12. The summed E-state index contributed by atoms with van der Waals surface area (Å²) in [7, 11) is 1.55. The van der Waals surface area contributed by atoms with Crippen molar-refractivity contribution in [2.45, 2.75) is 6.10 Å². The molecule has 1 atom stereocenters. The lowest BCUT2D eigenvalue weighted by molar-refractivity contribution is 0.0280. The number of rotatable bonds is 6. The Hall–Kier alpha value is -4.51. The van der Waals surface area contributed by atoms with Crippen LogP contribution in [0.25, 0.3) is 11.1 Å². The molecule has 5 nitrogen and oxygen atoms in total. The Bertz CT molecular complexity index is 1400. The molecule has 0 saturated carbocycles. The van der Waals surface area contributed by atoms with Crippen LogP contribution in [-0.4, -0.2) is 24.6 Å². The molecule has 1 aliphatic rings. The van der Waals surface area contributed by atoms with E-state index in [2.05, 4.69) is 0 Å². The second-order valence-electron chi connectivity index (χ2n) is 7.92. The van der Waals surface area contributed by atoms with Crippen LogP contribution in [-0.2, 0) is 4.74 Å². The maximum atomic E-state index is 13.3. The van der Waals surface area contributed by atoms with Gasteiger partial charge in [-0.15, -0.1) is 0 Å². The summed E-state index contributed by atoms with van der Waals surface area (Å²) in [5.41, 5.74) is 3.87. The molecular weight excluding hydrogens is 428 g/mol. The molecule has 0 heterocycles. The largest absolute Gasteiger partial charge is 0.497 e. The number of methoxy groups -OCH3 is 1. The van der Waals surface area contributed by atoms with Crippen molar-refractivity contribution < 1.29 is 23.9 Å². The maximum Gasteiger partial charge on any atom is 0.339 e. The Morgan fingerprint density at radius 1 is 0.676 bits per heavy atom. The van der Waals surface area contributed by atoms with Crippen LogP contribution in [0, 0.1) is 0 Å². The van der Waals surface area contributed by atoms with Crippen LogP contribution in [0.4, 0.5) is 0 Å². The highest BCUT2D eigenvalue weighted by Gasteiger charge is 2.30. The fourth-order valence-corrected chi connectivity index (χ4v) is 4.14. The first-order valence-corrected chi connectivity index (χ1v) is 10.8. The highest BCUT2D eigenvalue weighted by atomic mass is 16.5. The van der Waals surface area contributed by atoms with Crippen molar-refractivity contribution >= 4 is 17.5 Å². The molecule has 34 heavy (non-hydrogen) atoms. The van der Waals surface area contributed by atoms with Gasteiger partial charge in [0.1, 0.15) is 5.75 Å². The van der Waals surface area contributed by atoms with Crippen molar-refractivity contribution in [2.24, 2.45) is 0 Å². The predicted octanol–water partition coefficient (Wildman–Crippen LogP) is 5.69. The van der Waals surface area contributed by atoms with Crippen LogP contribution in [0.5, 0.6) is 5.75 Å². The molecule has 0 N–H and O–H groups in total. The molecule has 4 aromatic carbocycles. The second-order valence-corrected chi connectivity index (χ2v) is 7.92. The van der Waals surface area contributed by atoms with Crippen LogP contribution < -0.4 is 4.74 Å². The number of esters is 1. The van der Waals surface area contributed by atoms with Gasteiger partial charge in [0.2, 0.25) is 5.78 Å². The lowest BCUT2D eigenvalue weighted by Gasteiger charge is -2.18. The first-order valence-electron chi connectivity index (χ1n) is 10.8. The number of hydrogen-bond acceptors (Lipinski definition) is 5. The number of Topliss-reactive ketones (excluding diaryl/α,β-unsaturated/α-hetero) is 1. The summed E-state index contributed by atoms with van der Waals surface area (Å²) in [6.07, 6.45) is -1.12. The van der Waals surface area contributed by atoms with Gasteiger partial charge in [0.15, 0.2) is 11.9 Å². The van der Waals surface area contributed by atoms with E-state index < -0.39 is 12.1 Å². The molecule has 0 unspecified atom stereocenters. The lowest BCUT2D eigenvalue weighted by atomic mass is 9.99. The molecule has 0 aliphatic heterocycles. The average Bonchev–Trinajstić information content (AvgIpc) is 3.18. The van der Waals surface area contributed by atoms with Gasteiger partial charge in [0.25, 0.3) is 0 Å². The zero-order chi connectivity index (χ0) is 23.7. The number of carbonyl (C=O) groups excluding carboxylic acids is 3. The number of benzene rings is 4. The molecule has 4 aromatic rings. The number of ether oxygens (including phenoxy) is 2. The van der Waals surface area contributed by atoms with Crippen molar-refractivity contribution in [3.8, 4) is 16.9 Å². The summed E-state index contributed by atoms with van der Waals surface area (Å²) in [6.45, 7) is 0. The van der Waals surface area contributed by atoms with Gasteiger partial charge in [-0.1, -0.05) is 54.6 Å². The molecule has 0 spiro atoms. The summed E-state index contributed by atoms with van der Waals surface area (Å²) >= 11 is 0. The third kappa shape index (κ3) is 3.77. The van der Waals surface area contributed by atoms with Gasteiger partial charge in [-0.25, -0.2) is 4.79 Å². The Kier molecular flexibility index (Phi) is 5.52. The Labute approximate surface area is 196 Å². The third-order valence-corrected chi connectivity index (χ3v) is 5.90. The van der Waals surface area contributed by atoms with Crippen LogP contribution in [0.15, 0.2) is 97.1 Å². The van der Waals surface area contributed by atoms with E-state index in [-0.39, 0.29) is 17.1 Å². The Morgan fingerprint density at radius 2 is 1.29 bits per heavy atom. The number of carbonyl (C=O) groups is 3. The number of ketones is 2. The van der Waals surface area contributed by atoms with Crippen molar-refractivity contribution in [3.63, 3.8) is 0 Å². The van der Waals surface area contributed by atoms with Crippen molar-refractivity contribution in [2.75, 3.05) is 7.11 Å². The SMILES string of the molecule is COc1ccc(C(=O)[C@H](OC(=O)c2ccc3c(c2)-c2ccccc2C3=O)c2ccccc2)cc1. The van der Waals surface area contributed by atoms with Crippen LogP contribution in [0.1, 0.15) is 48.3 Å². The normalized spacial score (nSPS) is 12.4. The molecule has 0 aromatic heterocycles. The summed E-state index contributed by atoms with van der Waals surface area (Å²) < 4.78 is 10.9. The summed E-state index contributed by atoms with van der Waals surface area (Å²) in [5.74, 6) is -0.431. The van der Waals surface area contributed by atoms with Gasteiger partial charge in [0.05, 0.1) is 12.7 Å². The van der Waals surface area contributed by atoms with E-state index in [1.54, 1.807) is 79.9 Å². The first-order chi connectivity index (χ1) is 16.6. The van der Waals surface area contributed by atoms with E-state index in [1.165, 1.54) is 0 Å². The highest BCUT2D eigenvalue weighted by molar-refractivity contribution is 6.22. The topological polar surface area (TPSA) is 69.7 Å². The Balaban J connectivity index is 1.47. The fraction of sp³-hybridized carbons (Fsp3) is 0.0690. The molecule has 5 rings (SSSR count). The van der Waals surface area contributed by atoms with E-state index in [1.807, 2.05) is 24.3 Å². The van der Waals surface area contributed by atoms with Gasteiger partial charge in [-0.05, 0) is 53.6 Å². The minimum absolute atomic E-state index is 0.0673. The molecular formula is C29H20O5. The minimum Gasteiger partial charge on any atom is -0.497 e. The molecule has 5 heteroatoms. The van der Waals surface area contributed by atoms with Crippen LogP contribution >= 0.6 is 0 Å². The summed E-state index contributed by atoms with van der Waals surface area (Å²) in [4.78, 5) is 39.2. The van der Waals surface area contributed by atoms with Crippen molar-refractivity contribution in [1.29, 1.82) is 0 Å². The van der Waals surface area contributed by atoms with E-state index in [9.17, 15) is 14.4 Å². The van der Waals surface area contributed by atoms with Gasteiger partial charge in [0, 0.05) is 22.3 Å². The summed E-state index contributed by atoms with van der Waals surface area (Å²) in [5, 5.41) is 0. The zero-order valence-electron chi connectivity index (χ0n) is 18.4. The van der Waals surface area contributed by atoms with Crippen LogP contribution in [0.2, 0.25) is 0 Å². The van der Waals surface area contributed by atoms with E-state index >= 15 is 0 Å². The van der Waals surface area contributed by atoms with Crippen LogP contribution in [0.3, 0.4) is 0 Å². The smallest absolute Gasteiger partial charge is 0.339 e. The lowest BCUT2D eigenvalue weighted by Crippen LogP contribution is -2.20. The molecule has 0 fully saturated rings. The molecule has 0 radical (unpaired) electrons. The average molecular weight is 448 g/mol. The van der Waals surface area contributed by atoms with Crippen molar-refractivity contribution in [1.82, 2.24) is 0 Å². The predicted molar refractivity (Wildman–Crippen MR) is 127 cm³/mol. The molecule has 0 amide bonds. The Morgan fingerprint density at radius 3 is 2.00 bits per heavy atom. The zero-order valence-corrected chi connectivity index (χ0v) is 18.4. The monoisotopic (exact) mass is 448 g/mol. The molecule has 0 saturated heterocycles.